The van der Waals surface area contributed by atoms with Crippen molar-refractivity contribution in [2.45, 2.75) is 18.9 Å². The van der Waals surface area contributed by atoms with Crippen molar-refractivity contribution in [2.75, 3.05) is 49.7 Å². The second-order valence-corrected chi connectivity index (χ2v) is 5.88. The molecular formula is C17H23N3O4. The predicted molar refractivity (Wildman–Crippen MR) is 90.1 cm³/mol. The third kappa shape index (κ3) is 4.24. The van der Waals surface area contributed by atoms with Gasteiger partial charge in [0.1, 0.15) is 6.10 Å². The Kier molecular flexibility index (Phi) is 5.66. The highest BCUT2D eigenvalue weighted by Gasteiger charge is 2.23. The summed E-state index contributed by atoms with van der Waals surface area (Å²) in [5.41, 5.74) is 1.72. The number of nitrogens with one attached hydrogen (secondary N) is 2. The summed E-state index contributed by atoms with van der Waals surface area (Å²) >= 11 is 0. The van der Waals surface area contributed by atoms with Crippen LogP contribution in [-0.4, -0.2) is 57.4 Å². The molecule has 2 fully saturated rings. The van der Waals surface area contributed by atoms with E-state index in [9.17, 15) is 9.59 Å². The number of ether oxygens (including phenoxy) is 2. The van der Waals surface area contributed by atoms with Crippen LogP contribution in [0.25, 0.3) is 0 Å². The predicted octanol–water partition coefficient (Wildman–Crippen LogP) is 0.757. The number of rotatable bonds is 5. The molecule has 24 heavy (non-hydrogen) atoms. The number of amides is 2. The molecule has 2 heterocycles. The van der Waals surface area contributed by atoms with E-state index in [1.807, 2.05) is 24.3 Å². The number of hydrogen-bond acceptors (Lipinski definition) is 5. The molecule has 2 N–H and O–H groups in total. The molecule has 2 aliphatic rings. The molecule has 1 unspecified atom stereocenters. The Balaban J connectivity index is 1.55. The molecule has 130 valence electrons. The minimum Gasteiger partial charge on any atom is -0.378 e. The Morgan fingerprint density at radius 2 is 1.96 bits per heavy atom. The van der Waals surface area contributed by atoms with Crippen molar-refractivity contribution in [2.24, 2.45) is 0 Å². The third-order valence-electron chi connectivity index (χ3n) is 4.18. The molecule has 1 atom stereocenters. The Morgan fingerprint density at radius 1 is 1.17 bits per heavy atom. The topological polar surface area (TPSA) is 79.9 Å². The van der Waals surface area contributed by atoms with Gasteiger partial charge in [0.05, 0.1) is 31.1 Å². The number of carbonyl (C=O) groups excluding carboxylic acids is 2. The number of nitrogens with zero attached hydrogens (tertiary/aromatic N) is 1. The lowest BCUT2D eigenvalue weighted by atomic mass is 10.2. The number of para-hydroxylation sites is 2. The molecule has 7 nitrogen and oxygen atoms in total. The van der Waals surface area contributed by atoms with Gasteiger partial charge in [-0.2, -0.15) is 0 Å². The first-order chi connectivity index (χ1) is 11.7. The van der Waals surface area contributed by atoms with Crippen LogP contribution in [0.4, 0.5) is 11.4 Å². The third-order valence-corrected chi connectivity index (χ3v) is 4.18. The fraction of sp³-hybridized carbons (Fsp3) is 0.529. The van der Waals surface area contributed by atoms with Crippen LogP contribution in [0.5, 0.6) is 0 Å². The zero-order chi connectivity index (χ0) is 16.8. The quantitative estimate of drug-likeness (QED) is 0.831. The van der Waals surface area contributed by atoms with Gasteiger partial charge in [0, 0.05) is 19.7 Å². The van der Waals surface area contributed by atoms with Gasteiger partial charge in [0.25, 0.3) is 0 Å². The second-order valence-electron chi connectivity index (χ2n) is 5.88. The first kappa shape index (κ1) is 16.7. The average Bonchev–Trinajstić information content (AvgIpc) is 3.16. The fourth-order valence-electron chi connectivity index (χ4n) is 2.92. The number of hydrogen-bond donors (Lipinski definition) is 2. The lowest BCUT2D eigenvalue weighted by Crippen LogP contribution is -2.39. The molecule has 1 aromatic rings. The normalized spacial score (nSPS) is 20.7. The lowest BCUT2D eigenvalue weighted by Gasteiger charge is -2.30. The van der Waals surface area contributed by atoms with Crippen LogP contribution in [0, 0.1) is 0 Å². The van der Waals surface area contributed by atoms with Crippen molar-refractivity contribution in [1.29, 1.82) is 0 Å². The monoisotopic (exact) mass is 333 g/mol. The van der Waals surface area contributed by atoms with E-state index in [1.54, 1.807) is 0 Å². The van der Waals surface area contributed by atoms with Crippen LogP contribution in [-0.2, 0) is 19.1 Å². The van der Waals surface area contributed by atoms with Crippen molar-refractivity contribution in [1.82, 2.24) is 5.32 Å². The number of carbonyl (C=O) groups is 2. The first-order valence-electron chi connectivity index (χ1n) is 8.35. The zero-order valence-electron chi connectivity index (χ0n) is 13.6. The van der Waals surface area contributed by atoms with E-state index >= 15 is 0 Å². The molecule has 0 spiro atoms. The van der Waals surface area contributed by atoms with Crippen LogP contribution in [0.15, 0.2) is 24.3 Å². The van der Waals surface area contributed by atoms with E-state index in [4.69, 9.17) is 9.47 Å². The van der Waals surface area contributed by atoms with Crippen LogP contribution in [0.3, 0.4) is 0 Å². The van der Waals surface area contributed by atoms with Crippen molar-refractivity contribution < 1.29 is 19.1 Å². The van der Waals surface area contributed by atoms with E-state index in [0.29, 0.717) is 26.2 Å². The molecule has 2 saturated heterocycles. The van der Waals surface area contributed by atoms with E-state index in [1.165, 1.54) is 0 Å². The number of benzene rings is 1. The number of morpholine rings is 1. The summed E-state index contributed by atoms with van der Waals surface area (Å²) in [6.45, 7) is 3.50. The van der Waals surface area contributed by atoms with E-state index < -0.39 is 6.10 Å². The Morgan fingerprint density at radius 3 is 2.71 bits per heavy atom. The van der Waals surface area contributed by atoms with Gasteiger partial charge in [-0.15, -0.1) is 0 Å². The van der Waals surface area contributed by atoms with E-state index in [0.717, 1.165) is 30.9 Å². The van der Waals surface area contributed by atoms with Crippen molar-refractivity contribution >= 4 is 23.2 Å². The van der Waals surface area contributed by atoms with Crippen LogP contribution >= 0.6 is 0 Å². The minimum absolute atomic E-state index is 0.0594. The van der Waals surface area contributed by atoms with Gasteiger partial charge in [-0.3, -0.25) is 9.59 Å². The van der Waals surface area contributed by atoms with Crippen molar-refractivity contribution in [3.8, 4) is 0 Å². The second kappa shape index (κ2) is 8.12. The highest BCUT2D eigenvalue weighted by Crippen LogP contribution is 2.26. The molecule has 0 aromatic heterocycles. The Labute approximate surface area is 141 Å². The summed E-state index contributed by atoms with van der Waals surface area (Å²) in [5.74, 6) is -0.467. The Bertz CT molecular complexity index is 581. The molecule has 0 bridgehead atoms. The van der Waals surface area contributed by atoms with E-state index in [2.05, 4.69) is 15.5 Å². The highest BCUT2D eigenvalue weighted by atomic mass is 16.5. The Hall–Kier alpha value is -2.12. The highest BCUT2D eigenvalue weighted by molar-refractivity contribution is 5.97. The van der Waals surface area contributed by atoms with Gasteiger partial charge >= 0.3 is 0 Å². The molecule has 1 aromatic carbocycles. The van der Waals surface area contributed by atoms with Gasteiger partial charge < -0.3 is 25.0 Å². The molecular weight excluding hydrogens is 310 g/mol. The van der Waals surface area contributed by atoms with Crippen LogP contribution < -0.4 is 15.5 Å². The van der Waals surface area contributed by atoms with E-state index in [-0.39, 0.29) is 18.4 Å². The SMILES string of the molecule is O=C(CNC(=O)C1CCCO1)Nc1ccccc1N1CCOCC1. The molecule has 2 amide bonds. The van der Waals surface area contributed by atoms with Crippen LogP contribution in [0.1, 0.15) is 12.8 Å². The summed E-state index contributed by atoms with van der Waals surface area (Å²) in [4.78, 5) is 26.2. The zero-order valence-corrected chi connectivity index (χ0v) is 13.6. The maximum Gasteiger partial charge on any atom is 0.249 e. The molecule has 2 aliphatic heterocycles. The molecule has 0 aliphatic carbocycles. The smallest absolute Gasteiger partial charge is 0.249 e. The summed E-state index contributed by atoms with van der Waals surface area (Å²) in [5, 5.41) is 5.51. The van der Waals surface area contributed by atoms with Gasteiger partial charge in [0.2, 0.25) is 11.8 Å². The molecule has 0 saturated carbocycles. The summed E-state index contributed by atoms with van der Waals surface area (Å²) in [6, 6.07) is 7.67. The van der Waals surface area contributed by atoms with Crippen molar-refractivity contribution in [3.05, 3.63) is 24.3 Å². The largest absolute Gasteiger partial charge is 0.378 e. The first-order valence-corrected chi connectivity index (χ1v) is 8.35. The average molecular weight is 333 g/mol. The number of anilines is 2. The van der Waals surface area contributed by atoms with Crippen LogP contribution in [0.2, 0.25) is 0 Å². The fourth-order valence-corrected chi connectivity index (χ4v) is 2.92. The van der Waals surface area contributed by atoms with Gasteiger partial charge in [-0.1, -0.05) is 12.1 Å². The minimum atomic E-state index is -0.418. The maximum absolute atomic E-state index is 12.2. The van der Waals surface area contributed by atoms with Gasteiger partial charge in [-0.25, -0.2) is 0 Å². The molecule has 3 rings (SSSR count). The maximum atomic E-state index is 12.2. The van der Waals surface area contributed by atoms with Gasteiger partial charge in [0.15, 0.2) is 0 Å². The molecule has 7 heteroatoms. The summed E-state index contributed by atoms with van der Waals surface area (Å²) < 4.78 is 10.7. The van der Waals surface area contributed by atoms with Gasteiger partial charge in [-0.05, 0) is 25.0 Å². The lowest BCUT2D eigenvalue weighted by molar-refractivity contribution is -0.131. The summed E-state index contributed by atoms with van der Waals surface area (Å²) in [7, 11) is 0. The summed E-state index contributed by atoms with van der Waals surface area (Å²) in [6.07, 6.45) is 1.18. The standard InChI is InChI=1S/C17H23N3O4/c21-16(12-18-17(22)15-6-3-9-24-15)19-13-4-1-2-5-14(13)20-7-10-23-11-8-20/h1-2,4-5,15H,3,6-12H2,(H,18,22)(H,19,21). The van der Waals surface area contributed by atoms with Crippen molar-refractivity contribution in [3.63, 3.8) is 0 Å². The molecule has 0 radical (unpaired) electrons.